The highest BCUT2D eigenvalue weighted by Gasteiger charge is 2.24. The number of carbonyl (C=O) groups is 1. The zero-order valence-electron chi connectivity index (χ0n) is 13.5. The molecule has 0 radical (unpaired) electrons. The molecule has 2 aliphatic rings. The standard InChI is InChI=1S/C19H17NO4S/c21-19-16(20-18(24-19)17-4-2-10-25-17)11-13-5-7-14(8-6-13)23-12-15-3-1-9-22-15/h2,4-8,10-11,15H,1,3,9,12H2/b16-11+. The van der Waals surface area contributed by atoms with Crippen LogP contribution in [0.5, 0.6) is 5.75 Å². The van der Waals surface area contributed by atoms with Crippen molar-refractivity contribution in [3.05, 3.63) is 57.9 Å². The fraction of sp³-hybridized carbons (Fsp3) is 0.263. The van der Waals surface area contributed by atoms with Gasteiger partial charge in [0.2, 0.25) is 5.90 Å². The monoisotopic (exact) mass is 355 g/mol. The van der Waals surface area contributed by atoms with Gasteiger partial charge in [-0.15, -0.1) is 11.3 Å². The Morgan fingerprint density at radius 3 is 2.88 bits per heavy atom. The molecule has 1 unspecified atom stereocenters. The van der Waals surface area contributed by atoms with Crippen molar-refractivity contribution in [3.63, 3.8) is 0 Å². The zero-order chi connectivity index (χ0) is 17.1. The molecule has 0 bridgehead atoms. The number of carbonyl (C=O) groups excluding carboxylic acids is 1. The molecule has 2 aromatic rings. The van der Waals surface area contributed by atoms with E-state index in [4.69, 9.17) is 14.2 Å². The minimum Gasteiger partial charge on any atom is -0.491 e. The second-order valence-electron chi connectivity index (χ2n) is 5.83. The first-order chi connectivity index (χ1) is 12.3. The van der Waals surface area contributed by atoms with Gasteiger partial charge in [-0.05, 0) is 48.1 Å². The van der Waals surface area contributed by atoms with Gasteiger partial charge in [0, 0.05) is 6.61 Å². The van der Waals surface area contributed by atoms with Crippen molar-refractivity contribution in [1.82, 2.24) is 0 Å². The Labute approximate surface area is 149 Å². The molecule has 3 heterocycles. The maximum absolute atomic E-state index is 12.0. The Hall–Kier alpha value is -2.44. The van der Waals surface area contributed by atoms with E-state index in [0.29, 0.717) is 18.2 Å². The smallest absolute Gasteiger partial charge is 0.363 e. The van der Waals surface area contributed by atoms with Crippen LogP contribution in [0.1, 0.15) is 23.3 Å². The summed E-state index contributed by atoms with van der Waals surface area (Å²) in [7, 11) is 0. The molecule has 1 saturated heterocycles. The average Bonchev–Trinajstić information content (AvgIpc) is 3.37. The summed E-state index contributed by atoms with van der Waals surface area (Å²) in [6.07, 6.45) is 4.06. The molecule has 0 saturated carbocycles. The average molecular weight is 355 g/mol. The van der Waals surface area contributed by atoms with E-state index in [1.165, 1.54) is 11.3 Å². The van der Waals surface area contributed by atoms with E-state index in [-0.39, 0.29) is 6.10 Å². The maximum Gasteiger partial charge on any atom is 0.363 e. The molecule has 25 heavy (non-hydrogen) atoms. The van der Waals surface area contributed by atoms with Gasteiger partial charge < -0.3 is 14.2 Å². The molecule has 1 fully saturated rings. The molecule has 6 heteroatoms. The molecule has 1 aromatic heterocycles. The Morgan fingerprint density at radius 1 is 1.28 bits per heavy atom. The number of benzene rings is 1. The van der Waals surface area contributed by atoms with E-state index in [2.05, 4.69) is 4.99 Å². The molecular formula is C19H17NO4S. The van der Waals surface area contributed by atoms with Gasteiger partial charge in [0.1, 0.15) is 12.4 Å². The quantitative estimate of drug-likeness (QED) is 0.607. The van der Waals surface area contributed by atoms with Crippen LogP contribution in [0.25, 0.3) is 6.08 Å². The third-order valence-corrected chi connectivity index (χ3v) is 4.85. The molecule has 4 rings (SSSR count). The zero-order valence-corrected chi connectivity index (χ0v) is 14.3. The molecule has 0 N–H and O–H groups in total. The maximum atomic E-state index is 12.0. The van der Waals surface area contributed by atoms with E-state index in [9.17, 15) is 4.79 Å². The van der Waals surface area contributed by atoms with Gasteiger partial charge in [0.05, 0.1) is 11.0 Å². The van der Waals surface area contributed by atoms with Crippen LogP contribution in [0, 0.1) is 0 Å². The van der Waals surface area contributed by atoms with Crippen molar-refractivity contribution in [1.29, 1.82) is 0 Å². The highest BCUT2D eigenvalue weighted by molar-refractivity contribution is 7.12. The van der Waals surface area contributed by atoms with Crippen molar-refractivity contribution < 1.29 is 19.0 Å². The van der Waals surface area contributed by atoms with E-state index in [1.54, 1.807) is 6.08 Å². The summed E-state index contributed by atoms with van der Waals surface area (Å²) in [6, 6.07) is 11.3. The summed E-state index contributed by atoms with van der Waals surface area (Å²) in [4.78, 5) is 17.1. The second kappa shape index (κ2) is 7.21. The summed E-state index contributed by atoms with van der Waals surface area (Å²) >= 11 is 1.49. The molecular weight excluding hydrogens is 338 g/mol. The Balaban J connectivity index is 1.43. The van der Waals surface area contributed by atoms with Crippen LogP contribution in [0.3, 0.4) is 0 Å². The summed E-state index contributed by atoms with van der Waals surface area (Å²) in [6.45, 7) is 1.39. The Morgan fingerprint density at radius 2 is 2.16 bits per heavy atom. The molecule has 1 aromatic carbocycles. The number of rotatable bonds is 5. The van der Waals surface area contributed by atoms with E-state index in [1.807, 2.05) is 41.8 Å². The van der Waals surface area contributed by atoms with Gasteiger partial charge in [-0.2, -0.15) is 0 Å². The lowest BCUT2D eigenvalue weighted by molar-refractivity contribution is -0.129. The number of hydrogen-bond donors (Lipinski definition) is 0. The van der Waals surface area contributed by atoms with Crippen LogP contribution in [0.4, 0.5) is 0 Å². The molecule has 0 spiro atoms. The third kappa shape index (κ3) is 3.81. The van der Waals surface area contributed by atoms with Gasteiger partial charge >= 0.3 is 5.97 Å². The summed E-state index contributed by atoms with van der Waals surface area (Å²) in [5.74, 6) is 0.722. The van der Waals surface area contributed by atoms with Crippen molar-refractivity contribution in [3.8, 4) is 5.75 Å². The number of cyclic esters (lactones) is 1. The van der Waals surface area contributed by atoms with Gasteiger partial charge in [0.15, 0.2) is 5.70 Å². The van der Waals surface area contributed by atoms with Crippen molar-refractivity contribution in [2.24, 2.45) is 4.99 Å². The lowest BCUT2D eigenvalue weighted by atomic mass is 10.2. The molecule has 5 nitrogen and oxygen atoms in total. The fourth-order valence-corrected chi connectivity index (χ4v) is 3.35. The topological polar surface area (TPSA) is 57.1 Å². The molecule has 0 aliphatic carbocycles. The van der Waals surface area contributed by atoms with Gasteiger partial charge in [-0.25, -0.2) is 9.79 Å². The van der Waals surface area contributed by atoms with Crippen LogP contribution < -0.4 is 4.74 Å². The van der Waals surface area contributed by atoms with Gasteiger partial charge in [0.25, 0.3) is 0 Å². The molecule has 2 aliphatic heterocycles. The minimum atomic E-state index is -0.429. The van der Waals surface area contributed by atoms with Crippen LogP contribution in [0.15, 0.2) is 52.5 Å². The number of aliphatic imine (C=N–C) groups is 1. The van der Waals surface area contributed by atoms with Crippen LogP contribution in [0.2, 0.25) is 0 Å². The number of esters is 1. The summed E-state index contributed by atoms with van der Waals surface area (Å²) < 4.78 is 16.5. The highest BCUT2D eigenvalue weighted by Crippen LogP contribution is 2.23. The summed E-state index contributed by atoms with van der Waals surface area (Å²) in [5.41, 5.74) is 1.17. The largest absolute Gasteiger partial charge is 0.491 e. The number of nitrogens with zero attached hydrogens (tertiary/aromatic N) is 1. The van der Waals surface area contributed by atoms with Crippen molar-refractivity contribution in [2.75, 3.05) is 13.2 Å². The predicted octanol–water partition coefficient (Wildman–Crippen LogP) is 3.65. The van der Waals surface area contributed by atoms with Crippen LogP contribution >= 0.6 is 11.3 Å². The number of ether oxygens (including phenoxy) is 3. The van der Waals surface area contributed by atoms with Gasteiger partial charge in [-0.3, -0.25) is 0 Å². The highest BCUT2D eigenvalue weighted by atomic mass is 32.1. The molecule has 128 valence electrons. The third-order valence-electron chi connectivity index (χ3n) is 4.00. The fourth-order valence-electron chi connectivity index (χ4n) is 2.70. The number of thiophene rings is 1. The lowest BCUT2D eigenvalue weighted by Gasteiger charge is -2.11. The lowest BCUT2D eigenvalue weighted by Crippen LogP contribution is -2.16. The van der Waals surface area contributed by atoms with E-state index >= 15 is 0 Å². The second-order valence-corrected chi connectivity index (χ2v) is 6.78. The molecule has 1 atom stereocenters. The van der Waals surface area contributed by atoms with Crippen LogP contribution in [-0.4, -0.2) is 31.2 Å². The number of hydrogen-bond acceptors (Lipinski definition) is 6. The first kappa shape index (κ1) is 16.1. The summed E-state index contributed by atoms with van der Waals surface area (Å²) in [5, 5.41) is 1.92. The first-order valence-electron chi connectivity index (χ1n) is 8.19. The normalized spacial score (nSPS) is 21.4. The predicted molar refractivity (Wildman–Crippen MR) is 95.8 cm³/mol. The first-order valence-corrected chi connectivity index (χ1v) is 9.07. The minimum absolute atomic E-state index is 0.195. The van der Waals surface area contributed by atoms with Gasteiger partial charge in [-0.1, -0.05) is 18.2 Å². The molecule has 0 amide bonds. The van der Waals surface area contributed by atoms with Crippen molar-refractivity contribution in [2.45, 2.75) is 18.9 Å². The Bertz CT molecular complexity index is 802. The van der Waals surface area contributed by atoms with Crippen LogP contribution in [-0.2, 0) is 14.3 Å². The van der Waals surface area contributed by atoms with E-state index in [0.717, 1.165) is 35.6 Å². The SMILES string of the molecule is O=C1OC(c2cccs2)=N/C1=C/c1ccc(OCC2CCCO2)cc1. The van der Waals surface area contributed by atoms with E-state index < -0.39 is 5.97 Å². The Kier molecular flexibility index (Phi) is 4.63. The van der Waals surface area contributed by atoms with Crippen molar-refractivity contribution >= 4 is 29.3 Å².